The number of amides is 1. The molecule has 1 aliphatic heterocycles. The predicted molar refractivity (Wildman–Crippen MR) is 87.2 cm³/mol. The molecule has 1 aliphatic carbocycles. The molecule has 1 heterocycles. The van der Waals surface area contributed by atoms with Crippen LogP contribution in [0.5, 0.6) is 0 Å². The number of hydrogen-bond donors (Lipinski definition) is 0. The fourth-order valence-corrected chi connectivity index (χ4v) is 3.91. The fraction of sp³-hybridized carbons (Fsp3) is 0.474. The van der Waals surface area contributed by atoms with Gasteiger partial charge in [-0.3, -0.25) is 9.59 Å². The Morgan fingerprint density at radius 2 is 2.09 bits per heavy atom. The molecule has 2 aliphatic rings. The van der Waals surface area contributed by atoms with E-state index in [2.05, 4.69) is 13.0 Å². The largest absolute Gasteiger partial charge is 0.469 e. The highest BCUT2D eigenvalue weighted by Gasteiger charge is 2.53. The Labute approximate surface area is 137 Å². The maximum atomic E-state index is 13.0. The number of esters is 1. The van der Waals surface area contributed by atoms with Gasteiger partial charge in [0.1, 0.15) is 0 Å². The lowest BCUT2D eigenvalue weighted by Crippen LogP contribution is -2.30. The van der Waals surface area contributed by atoms with Crippen molar-refractivity contribution in [2.45, 2.75) is 39.2 Å². The molecular weight excluding hydrogens is 290 g/mol. The zero-order valence-corrected chi connectivity index (χ0v) is 13.7. The van der Waals surface area contributed by atoms with E-state index in [0.29, 0.717) is 6.54 Å². The van der Waals surface area contributed by atoms with Crippen molar-refractivity contribution >= 4 is 11.9 Å². The summed E-state index contributed by atoms with van der Waals surface area (Å²) in [5.41, 5.74) is 1.94. The van der Waals surface area contributed by atoms with E-state index in [-0.39, 0.29) is 29.6 Å². The Kier molecular flexibility index (Phi) is 4.24. The lowest BCUT2D eigenvalue weighted by atomic mass is 9.70. The topological polar surface area (TPSA) is 46.6 Å². The monoisotopic (exact) mass is 313 g/mol. The summed E-state index contributed by atoms with van der Waals surface area (Å²) in [7, 11) is 1.38. The van der Waals surface area contributed by atoms with Crippen LogP contribution in [0.25, 0.3) is 0 Å². The van der Waals surface area contributed by atoms with Crippen LogP contribution in [-0.2, 0) is 20.9 Å². The van der Waals surface area contributed by atoms with Crippen molar-refractivity contribution in [3.05, 3.63) is 47.7 Å². The van der Waals surface area contributed by atoms with Crippen LogP contribution in [-0.4, -0.2) is 23.9 Å². The van der Waals surface area contributed by atoms with Crippen molar-refractivity contribution in [3.8, 4) is 0 Å². The molecule has 1 aromatic carbocycles. The lowest BCUT2D eigenvalue weighted by Gasteiger charge is -2.34. The lowest BCUT2D eigenvalue weighted by molar-refractivity contribution is -0.146. The first kappa shape index (κ1) is 15.8. The van der Waals surface area contributed by atoms with Gasteiger partial charge in [-0.1, -0.05) is 43.3 Å². The molecule has 0 bridgehead atoms. The van der Waals surface area contributed by atoms with Gasteiger partial charge in [0.2, 0.25) is 5.91 Å². The molecule has 4 nitrogen and oxygen atoms in total. The molecule has 1 amide bonds. The average molecular weight is 313 g/mol. The van der Waals surface area contributed by atoms with Crippen molar-refractivity contribution in [1.29, 1.82) is 0 Å². The molecule has 1 saturated heterocycles. The number of ether oxygens (including phenoxy) is 1. The summed E-state index contributed by atoms with van der Waals surface area (Å²) in [6.45, 7) is 2.69. The predicted octanol–water partition coefficient (Wildman–Crippen LogP) is 3.28. The summed E-state index contributed by atoms with van der Waals surface area (Å²) in [5.74, 6) is -0.573. The SMILES string of the molecule is COC(=O)C[C@@H]1C(=O)N(Cc2ccccc2)C2=CCCC[C@@]21C. The minimum Gasteiger partial charge on any atom is -0.469 e. The first-order valence-corrected chi connectivity index (χ1v) is 8.19. The molecule has 0 aromatic heterocycles. The molecule has 2 atom stereocenters. The minimum absolute atomic E-state index is 0.0508. The number of carbonyl (C=O) groups excluding carboxylic acids is 2. The number of nitrogens with zero attached hydrogens (tertiary/aromatic N) is 1. The van der Waals surface area contributed by atoms with Crippen LogP contribution in [0.4, 0.5) is 0 Å². The van der Waals surface area contributed by atoms with Crippen molar-refractivity contribution < 1.29 is 14.3 Å². The third-order valence-electron chi connectivity index (χ3n) is 5.23. The second-order valence-electron chi connectivity index (χ2n) is 6.64. The smallest absolute Gasteiger partial charge is 0.306 e. The van der Waals surface area contributed by atoms with E-state index in [9.17, 15) is 9.59 Å². The fourth-order valence-electron chi connectivity index (χ4n) is 3.91. The summed E-state index contributed by atoms with van der Waals surface area (Å²) in [5, 5.41) is 0. The van der Waals surface area contributed by atoms with Crippen molar-refractivity contribution in [1.82, 2.24) is 4.90 Å². The van der Waals surface area contributed by atoms with Crippen LogP contribution in [0.3, 0.4) is 0 Å². The quantitative estimate of drug-likeness (QED) is 0.801. The Bertz CT molecular complexity index is 637. The average Bonchev–Trinajstić information content (AvgIpc) is 2.77. The first-order chi connectivity index (χ1) is 11.1. The molecule has 122 valence electrons. The third-order valence-corrected chi connectivity index (χ3v) is 5.23. The number of rotatable bonds is 4. The second-order valence-corrected chi connectivity index (χ2v) is 6.64. The van der Waals surface area contributed by atoms with Gasteiger partial charge in [-0.15, -0.1) is 0 Å². The summed E-state index contributed by atoms with van der Waals surface area (Å²) in [4.78, 5) is 26.7. The van der Waals surface area contributed by atoms with Crippen LogP contribution in [0.2, 0.25) is 0 Å². The van der Waals surface area contributed by atoms with E-state index in [1.807, 2.05) is 35.2 Å². The van der Waals surface area contributed by atoms with Crippen LogP contribution < -0.4 is 0 Å². The van der Waals surface area contributed by atoms with Crippen LogP contribution in [0, 0.1) is 11.3 Å². The molecule has 0 N–H and O–H groups in total. The van der Waals surface area contributed by atoms with Gasteiger partial charge in [-0.25, -0.2) is 0 Å². The number of allylic oxidation sites excluding steroid dienone is 2. The highest BCUT2D eigenvalue weighted by Crippen LogP contribution is 2.52. The van der Waals surface area contributed by atoms with Gasteiger partial charge in [0.25, 0.3) is 0 Å². The van der Waals surface area contributed by atoms with E-state index >= 15 is 0 Å². The number of carbonyl (C=O) groups is 2. The normalized spacial score (nSPS) is 26.7. The van der Waals surface area contributed by atoms with Gasteiger partial charge in [-0.2, -0.15) is 0 Å². The number of methoxy groups -OCH3 is 1. The molecule has 3 rings (SSSR count). The zero-order chi connectivity index (χ0) is 16.4. The van der Waals surface area contributed by atoms with Gasteiger partial charge in [0.05, 0.1) is 26.0 Å². The Balaban J connectivity index is 1.92. The van der Waals surface area contributed by atoms with Crippen molar-refractivity contribution in [2.24, 2.45) is 11.3 Å². The van der Waals surface area contributed by atoms with Gasteiger partial charge in [-0.05, 0) is 24.8 Å². The summed E-state index contributed by atoms with van der Waals surface area (Å²) < 4.78 is 4.81. The zero-order valence-electron chi connectivity index (χ0n) is 13.7. The molecule has 4 heteroatoms. The molecule has 0 saturated carbocycles. The first-order valence-electron chi connectivity index (χ1n) is 8.19. The van der Waals surface area contributed by atoms with E-state index in [1.165, 1.54) is 7.11 Å². The van der Waals surface area contributed by atoms with Crippen LogP contribution >= 0.6 is 0 Å². The van der Waals surface area contributed by atoms with Crippen LogP contribution in [0.15, 0.2) is 42.1 Å². The summed E-state index contributed by atoms with van der Waals surface area (Å²) in [6.07, 6.45) is 5.34. The van der Waals surface area contributed by atoms with E-state index < -0.39 is 0 Å². The molecule has 1 fully saturated rings. The van der Waals surface area contributed by atoms with E-state index in [4.69, 9.17) is 4.74 Å². The van der Waals surface area contributed by atoms with Crippen LogP contribution in [0.1, 0.15) is 38.2 Å². The standard InChI is InChI=1S/C19H23NO3/c1-19-11-7-6-10-16(19)20(13-14-8-4-3-5-9-14)18(22)15(19)12-17(21)23-2/h3-5,8-10,15H,6-7,11-13H2,1-2H3/t15-,19-/m1/s1. The van der Waals surface area contributed by atoms with Crippen molar-refractivity contribution in [2.75, 3.05) is 7.11 Å². The van der Waals surface area contributed by atoms with E-state index in [0.717, 1.165) is 30.5 Å². The highest BCUT2D eigenvalue weighted by atomic mass is 16.5. The highest BCUT2D eigenvalue weighted by molar-refractivity contribution is 5.89. The number of fused-ring (bicyclic) bond motifs is 1. The number of benzene rings is 1. The Hall–Kier alpha value is -2.10. The van der Waals surface area contributed by atoms with Crippen molar-refractivity contribution in [3.63, 3.8) is 0 Å². The maximum absolute atomic E-state index is 13.0. The molecule has 1 aromatic rings. The molecule has 23 heavy (non-hydrogen) atoms. The molecule has 0 spiro atoms. The number of hydrogen-bond acceptors (Lipinski definition) is 3. The molecule has 0 unspecified atom stereocenters. The Morgan fingerprint density at radius 3 is 2.78 bits per heavy atom. The number of likely N-dealkylation sites (tertiary alicyclic amines) is 1. The van der Waals surface area contributed by atoms with Gasteiger partial charge < -0.3 is 9.64 Å². The molecule has 0 radical (unpaired) electrons. The maximum Gasteiger partial charge on any atom is 0.306 e. The molecular formula is C19H23NO3. The van der Waals surface area contributed by atoms with E-state index in [1.54, 1.807) is 0 Å². The third kappa shape index (κ3) is 2.78. The Morgan fingerprint density at radius 1 is 1.35 bits per heavy atom. The van der Waals surface area contributed by atoms with Gasteiger partial charge in [0, 0.05) is 11.1 Å². The van der Waals surface area contributed by atoms with Gasteiger partial charge in [0.15, 0.2) is 0 Å². The summed E-state index contributed by atoms with van der Waals surface area (Å²) in [6, 6.07) is 10.00. The van der Waals surface area contributed by atoms with Gasteiger partial charge >= 0.3 is 5.97 Å². The second kappa shape index (κ2) is 6.19. The minimum atomic E-state index is -0.315. The summed E-state index contributed by atoms with van der Waals surface area (Å²) >= 11 is 0.